The lowest BCUT2D eigenvalue weighted by Crippen LogP contribution is -2.26. The lowest BCUT2D eigenvalue weighted by Gasteiger charge is -2.19. The summed E-state index contributed by atoms with van der Waals surface area (Å²) in [4.78, 5) is 13.5. The summed E-state index contributed by atoms with van der Waals surface area (Å²) in [5.41, 5.74) is 3.89. The molecule has 1 amide bonds. The van der Waals surface area contributed by atoms with Crippen LogP contribution >= 0.6 is 0 Å². The fraction of sp³-hybridized carbons (Fsp3) is 0.381. The van der Waals surface area contributed by atoms with Gasteiger partial charge in [-0.05, 0) is 46.7 Å². The van der Waals surface area contributed by atoms with Crippen molar-refractivity contribution in [2.24, 2.45) is 0 Å². The molecule has 2 aromatic rings. The number of hydrogen-bond acceptors (Lipinski definition) is 3. The molecule has 0 bridgehead atoms. The zero-order chi connectivity index (χ0) is 19.8. The van der Waals surface area contributed by atoms with Gasteiger partial charge in [-0.2, -0.15) is 0 Å². The van der Waals surface area contributed by atoms with Gasteiger partial charge in [-0.3, -0.25) is 4.79 Å². The number of hydrogen-bond donors (Lipinski definition) is 1. The van der Waals surface area contributed by atoms with E-state index in [1.165, 1.54) is 12.5 Å². The van der Waals surface area contributed by atoms with Crippen molar-refractivity contribution in [3.05, 3.63) is 59.2 Å². The molecule has 0 fully saturated rings. The van der Waals surface area contributed by atoms with E-state index < -0.39 is 10.0 Å². The molecular formula is C21H26N2O3S. The number of anilines is 1. The minimum atomic E-state index is -3.61. The number of carbonyl (C=O) groups excluding carboxylic acids is 1. The Hall–Kier alpha value is -2.18. The number of rotatable bonds is 4. The molecule has 6 heteroatoms. The SMILES string of the molecule is CC(=O)N1CCc2cc(S(=O)(=O)NCc3ccc(C(C)(C)C)cc3)ccc21. The van der Waals surface area contributed by atoms with Gasteiger partial charge in [-0.25, -0.2) is 13.1 Å². The minimum Gasteiger partial charge on any atom is -0.312 e. The molecule has 0 saturated carbocycles. The van der Waals surface area contributed by atoms with Crippen molar-refractivity contribution < 1.29 is 13.2 Å². The molecule has 0 aliphatic carbocycles. The van der Waals surface area contributed by atoms with Crippen LogP contribution in [0.3, 0.4) is 0 Å². The Kier molecular flexibility index (Phi) is 5.14. The van der Waals surface area contributed by atoms with Gasteiger partial charge in [0.05, 0.1) is 4.90 Å². The molecule has 5 nitrogen and oxygen atoms in total. The summed E-state index contributed by atoms with van der Waals surface area (Å²) < 4.78 is 28.0. The Labute approximate surface area is 161 Å². The number of amides is 1. The number of carbonyl (C=O) groups is 1. The van der Waals surface area contributed by atoms with Gasteiger partial charge in [-0.1, -0.05) is 45.0 Å². The van der Waals surface area contributed by atoms with Crippen molar-refractivity contribution in [1.82, 2.24) is 4.72 Å². The molecule has 27 heavy (non-hydrogen) atoms. The highest BCUT2D eigenvalue weighted by molar-refractivity contribution is 7.89. The zero-order valence-corrected chi connectivity index (χ0v) is 17.1. The van der Waals surface area contributed by atoms with Gasteiger partial charge in [0.2, 0.25) is 15.9 Å². The van der Waals surface area contributed by atoms with E-state index in [9.17, 15) is 13.2 Å². The molecule has 0 radical (unpaired) electrons. The molecule has 0 aromatic heterocycles. The summed E-state index contributed by atoms with van der Waals surface area (Å²) in [7, 11) is -3.61. The standard InChI is InChI=1S/C21H26N2O3S/c1-15(24)23-12-11-17-13-19(9-10-20(17)23)27(25,26)22-14-16-5-7-18(8-6-16)21(2,3)4/h5-10,13,22H,11-12,14H2,1-4H3. The Morgan fingerprint density at radius 3 is 2.37 bits per heavy atom. The maximum absolute atomic E-state index is 12.7. The van der Waals surface area contributed by atoms with E-state index in [2.05, 4.69) is 25.5 Å². The average molecular weight is 387 g/mol. The monoisotopic (exact) mass is 386 g/mol. The van der Waals surface area contributed by atoms with Crippen LogP contribution in [0.4, 0.5) is 5.69 Å². The van der Waals surface area contributed by atoms with E-state index >= 15 is 0 Å². The largest absolute Gasteiger partial charge is 0.312 e. The van der Waals surface area contributed by atoms with Crippen LogP contribution in [0.1, 0.15) is 44.4 Å². The smallest absolute Gasteiger partial charge is 0.240 e. The van der Waals surface area contributed by atoms with E-state index in [4.69, 9.17) is 0 Å². The van der Waals surface area contributed by atoms with Crippen molar-refractivity contribution in [1.29, 1.82) is 0 Å². The van der Waals surface area contributed by atoms with E-state index in [-0.39, 0.29) is 22.8 Å². The van der Waals surface area contributed by atoms with Crippen LogP contribution in [-0.2, 0) is 33.2 Å². The first-order chi connectivity index (χ1) is 12.6. The van der Waals surface area contributed by atoms with E-state index in [1.54, 1.807) is 23.1 Å². The van der Waals surface area contributed by atoms with Crippen LogP contribution in [0.5, 0.6) is 0 Å². The molecule has 1 aliphatic rings. The highest BCUT2D eigenvalue weighted by atomic mass is 32.2. The summed E-state index contributed by atoms with van der Waals surface area (Å²) in [5.74, 6) is -0.0267. The lowest BCUT2D eigenvalue weighted by atomic mass is 9.87. The van der Waals surface area contributed by atoms with Crippen molar-refractivity contribution in [2.45, 2.75) is 51.0 Å². The Balaban J connectivity index is 1.73. The van der Waals surface area contributed by atoms with Gasteiger partial charge < -0.3 is 4.90 Å². The second-order valence-corrected chi connectivity index (χ2v) is 9.75. The van der Waals surface area contributed by atoms with Gasteiger partial charge in [0.25, 0.3) is 0 Å². The molecule has 2 aromatic carbocycles. The molecule has 0 spiro atoms. The second-order valence-electron chi connectivity index (χ2n) is 7.98. The predicted octanol–water partition coefficient (Wildman–Crippen LogP) is 3.37. The molecule has 1 aliphatic heterocycles. The number of benzene rings is 2. The Morgan fingerprint density at radius 2 is 1.78 bits per heavy atom. The summed E-state index contributed by atoms with van der Waals surface area (Å²) in [6.07, 6.45) is 0.673. The number of sulfonamides is 1. The third kappa shape index (κ3) is 4.22. The van der Waals surface area contributed by atoms with Crippen LogP contribution in [-0.4, -0.2) is 20.9 Å². The maximum Gasteiger partial charge on any atom is 0.240 e. The van der Waals surface area contributed by atoms with Crippen molar-refractivity contribution in [2.75, 3.05) is 11.4 Å². The first-order valence-electron chi connectivity index (χ1n) is 9.08. The van der Waals surface area contributed by atoms with Crippen LogP contribution in [0.25, 0.3) is 0 Å². The summed E-state index contributed by atoms with van der Waals surface area (Å²) >= 11 is 0. The summed E-state index contributed by atoms with van der Waals surface area (Å²) in [6, 6.07) is 12.9. The van der Waals surface area contributed by atoms with Crippen LogP contribution in [0, 0.1) is 0 Å². The third-order valence-corrected chi connectivity index (χ3v) is 6.32. The first kappa shape index (κ1) is 19.6. The van der Waals surface area contributed by atoms with Gasteiger partial charge in [-0.15, -0.1) is 0 Å². The lowest BCUT2D eigenvalue weighted by molar-refractivity contribution is -0.116. The van der Waals surface area contributed by atoms with Gasteiger partial charge >= 0.3 is 0 Å². The molecule has 0 atom stereocenters. The quantitative estimate of drug-likeness (QED) is 0.876. The molecule has 0 unspecified atom stereocenters. The van der Waals surface area contributed by atoms with Crippen molar-refractivity contribution >= 4 is 21.6 Å². The van der Waals surface area contributed by atoms with Crippen LogP contribution in [0.15, 0.2) is 47.4 Å². The number of nitrogens with one attached hydrogen (secondary N) is 1. The minimum absolute atomic E-state index is 0.0267. The molecule has 144 valence electrons. The average Bonchev–Trinajstić information content (AvgIpc) is 3.03. The van der Waals surface area contributed by atoms with Crippen molar-refractivity contribution in [3.8, 4) is 0 Å². The van der Waals surface area contributed by atoms with E-state index in [0.29, 0.717) is 13.0 Å². The zero-order valence-electron chi connectivity index (χ0n) is 16.2. The normalized spacial score (nSPS) is 14.3. The molecule has 1 N–H and O–H groups in total. The Bertz CT molecular complexity index is 958. The van der Waals surface area contributed by atoms with E-state index in [0.717, 1.165) is 16.8 Å². The molecule has 1 heterocycles. The molecule has 0 saturated heterocycles. The predicted molar refractivity (Wildman–Crippen MR) is 107 cm³/mol. The summed E-state index contributed by atoms with van der Waals surface area (Å²) in [5, 5.41) is 0. The second kappa shape index (κ2) is 7.09. The van der Waals surface area contributed by atoms with Gasteiger partial charge in [0.15, 0.2) is 0 Å². The first-order valence-corrected chi connectivity index (χ1v) is 10.6. The Morgan fingerprint density at radius 1 is 1.11 bits per heavy atom. The third-order valence-electron chi connectivity index (χ3n) is 4.92. The van der Waals surface area contributed by atoms with Gasteiger partial charge in [0, 0.05) is 25.7 Å². The topological polar surface area (TPSA) is 66.5 Å². The molecule has 3 rings (SSSR count). The number of nitrogens with zero attached hydrogens (tertiary/aromatic N) is 1. The summed E-state index contributed by atoms with van der Waals surface area (Å²) in [6.45, 7) is 8.79. The fourth-order valence-corrected chi connectivity index (χ4v) is 4.32. The number of fused-ring (bicyclic) bond motifs is 1. The van der Waals surface area contributed by atoms with Crippen molar-refractivity contribution in [3.63, 3.8) is 0 Å². The maximum atomic E-state index is 12.7. The molecular weight excluding hydrogens is 360 g/mol. The fourth-order valence-electron chi connectivity index (χ4n) is 3.26. The highest BCUT2D eigenvalue weighted by Crippen LogP contribution is 2.30. The van der Waals surface area contributed by atoms with Crippen LogP contribution < -0.4 is 9.62 Å². The van der Waals surface area contributed by atoms with E-state index in [1.807, 2.05) is 24.3 Å². The highest BCUT2D eigenvalue weighted by Gasteiger charge is 2.24. The van der Waals surface area contributed by atoms with Crippen LogP contribution in [0.2, 0.25) is 0 Å². The van der Waals surface area contributed by atoms with Gasteiger partial charge in [0.1, 0.15) is 0 Å².